The molecule has 6 N–H and O–H groups in total. The van der Waals surface area contributed by atoms with E-state index < -0.39 is 126 Å². The normalized spacial score (nSPS) is 20.8. The van der Waals surface area contributed by atoms with Crippen molar-refractivity contribution in [2.75, 3.05) is 0 Å². The van der Waals surface area contributed by atoms with E-state index in [0.717, 1.165) is 6.07 Å². The standard InChI is InChI=1S/C32H26O14/c1-9-21-15(3-11(45-9)5-19(35)36)29(41)25-23(31(21)43)17(33)7-13(27(25)39)14-8-18(34)24-26(28(14)40)30(42)16-4-12(6-20(37)38)46-10(2)22(16)32(24)44/h7-12,33,39,41,43H,3-6H2,1-2H3,(H,35,36)(H,37,38)/t9-,10-,11+,12-/m1/s1. The molecule has 0 fully saturated rings. The van der Waals surface area contributed by atoms with E-state index >= 15 is 0 Å². The van der Waals surface area contributed by atoms with Gasteiger partial charge in [-0.05, 0) is 26.0 Å². The van der Waals surface area contributed by atoms with Gasteiger partial charge in [0.25, 0.3) is 0 Å². The number of carbonyl (C=O) groups is 2. The molecular weight excluding hydrogens is 608 g/mol. The fourth-order valence-electron chi connectivity index (χ4n) is 6.89. The predicted molar refractivity (Wildman–Crippen MR) is 157 cm³/mol. The van der Waals surface area contributed by atoms with E-state index in [1.165, 1.54) is 13.8 Å². The molecule has 0 radical (unpaired) electrons. The van der Waals surface area contributed by atoms with E-state index in [-0.39, 0.29) is 35.1 Å². The Balaban J connectivity index is 1.63. The summed E-state index contributed by atoms with van der Waals surface area (Å²) in [4.78, 5) is 77.0. The minimum Gasteiger partial charge on any atom is -0.507 e. The molecule has 2 aromatic carbocycles. The van der Waals surface area contributed by atoms with Crippen molar-refractivity contribution in [3.63, 3.8) is 0 Å². The summed E-state index contributed by atoms with van der Waals surface area (Å²) in [7, 11) is 0. The van der Waals surface area contributed by atoms with Crippen LogP contribution in [0.3, 0.4) is 0 Å². The maximum Gasteiger partial charge on any atom is 0.305 e. The zero-order valence-corrected chi connectivity index (χ0v) is 24.2. The molecule has 4 atom stereocenters. The van der Waals surface area contributed by atoms with Gasteiger partial charge in [0.15, 0.2) is 21.7 Å². The zero-order valence-electron chi connectivity index (χ0n) is 24.2. The largest absolute Gasteiger partial charge is 0.507 e. The number of aliphatic carboxylic acids is 2. The van der Waals surface area contributed by atoms with Crippen LogP contribution in [0.5, 0.6) is 23.0 Å². The summed E-state index contributed by atoms with van der Waals surface area (Å²) in [5.74, 6) is -5.20. The van der Waals surface area contributed by atoms with Crippen LogP contribution < -0.4 is 21.7 Å². The first kappa shape index (κ1) is 30.7. The molecule has 6 rings (SSSR count). The Hall–Kier alpha value is -5.34. The fraction of sp³-hybridized carbons (Fsp3) is 0.312. The lowest BCUT2D eigenvalue weighted by Gasteiger charge is -2.31. The second-order valence-corrected chi connectivity index (χ2v) is 11.6. The van der Waals surface area contributed by atoms with Gasteiger partial charge in [0.1, 0.15) is 23.0 Å². The number of fused-ring (bicyclic) bond motifs is 3. The third kappa shape index (κ3) is 4.48. The van der Waals surface area contributed by atoms with Gasteiger partial charge in [0, 0.05) is 46.2 Å². The molecule has 0 amide bonds. The molecule has 0 saturated carbocycles. The van der Waals surface area contributed by atoms with Gasteiger partial charge in [-0.15, -0.1) is 0 Å². The van der Waals surface area contributed by atoms with Crippen molar-refractivity contribution in [3.05, 3.63) is 85.7 Å². The van der Waals surface area contributed by atoms with Crippen LogP contribution in [0.2, 0.25) is 0 Å². The van der Waals surface area contributed by atoms with Crippen LogP contribution in [0, 0.1) is 10.4 Å². The topological polar surface area (TPSA) is 242 Å². The van der Waals surface area contributed by atoms with E-state index in [1.807, 2.05) is 0 Å². The summed E-state index contributed by atoms with van der Waals surface area (Å²) in [5, 5.41) is 60.9. The van der Waals surface area contributed by atoms with Gasteiger partial charge in [-0.25, -0.2) is 0 Å². The highest BCUT2D eigenvalue weighted by Gasteiger charge is 2.36. The SMILES string of the molecule is C[C@H]1O[C@H](CC(=O)O)Cc2c1c(O)c1c(O)cc(-c3cc(=O)c4c(=O)c5c(c(=O)c=4c3=O)C[C@H](CC(=O)O)O[C@@H]5C)c(O)c1c2O. The van der Waals surface area contributed by atoms with Crippen LogP contribution in [-0.4, -0.2) is 54.8 Å². The third-order valence-corrected chi connectivity index (χ3v) is 8.72. The number of rotatable bonds is 5. The van der Waals surface area contributed by atoms with Crippen LogP contribution in [0.15, 0.2) is 31.3 Å². The molecule has 14 nitrogen and oxygen atoms in total. The number of carboxylic acid groups (broad SMARTS) is 2. The number of phenolic OH excluding ortho intramolecular Hbond substituents is 4. The summed E-state index contributed by atoms with van der Waals surface area (Å²) in [5.41, 5.74) is -5.43. The van der Waals surface area contributed by atoms with E-state index in [4.69, 9.17) is 9.47 Å². The van der Waals surface area contributed by atoms with Crippen molar-refractivity contribution in [1.82, 2.24) is 0 Å². The van der Waals surface area contributed by atoms with Gasteiger partial charge in [-0.1, -0.05) is 0 Å². The second-order valence-electron chi connectivity index (χ2n) is 11.6. The summed E-state index contributed by atoms with van der Waals surface area (Å²) in [6.45, 7) is 2.92. The molecule has 0 aromatic heterocycles. The molecule has 46 heavy (non-hydrogen) atoms. The van der Waals surface area contributed by atoms with Gasteiger partial charge in [0.05, 0.1) is 58.5 Å². The van der Waals surface area contributed by atoms with Crippen molar-refractivity contribution >= 4 is 22.7 Å². The average Bonchev–Trinajstić information content (AvgIpc) is 2.95. The molecule has 0 spiro atoms. The van der Waals surface area contributed by atoms with Gasteiger partial charge in [0.2, 0.25) is 0 Å². The highest BCUT2D eigenvalue weighted by molar-refractivity contribution is 6.07. The molecule has 2 heterocycles. The Labute approximate surface area is 256 Å². The Morgan fingerprint density at radius 3 is 1.83 bits per heavy atom. The van der Waals surface area contributed by atoms with E-state index in [2.05, 4.69) is 0 Å². The quantitative estimate of drug-likeness (QED) is 0.170. The van der Waals surface area contributed by atoms with Gasteiger partial charge in [-0.2, -0.15) is 0 Å². The van der Waals surface area contributed by atoms with E-state index in [0.29, 0.717) is 6.07 Å². The highest BCUT2D eigenvalue weighted by atomic mass is 16.5. The molecule has 4 aliphatic rings. The summed E-state index contributed by atoms with van der Waals surface area (Å²) < 4.78 is 11.3. The molecule has 0 saturated heterocycles. The Bertz CT molecular complexity index is 2300. The monoisotopic (exact) mass is 634 g/mol. The Morgan fingerprint density at radius 2 is 1.24 bits per heavy atom. The Morgan fingerprint density at radius 1 is 0.674 bits per heavy atom. The summed E-state index contributed by atoms with van der Waals surface area (Å²) in [6, 6.07) is 1.57. The fourth-order valence-corrected chi connectivity index (χ4v) is 6.89. The van der Waals surface area contributed by atoms with Crippen molar-refractivity contribution in [2.45, 2.75) is 63.9 Å². The lowest BCUT2D eigenvalue weighted by atomic mass is 9.86. The molecule has 2 aliphatic heterocycles. The number of hydrogen-bond acceptors (Lipinski definition) is 12. The van der Waals surface area contributed by atoms with Crippen LogP contribution in [0.4, 0.5) is 0 Å². The second kappa shape index (κ2) is 10.6. The lowest BCUT2D eigenvalue weighted by molar-refractivity contribution is -0.143. The molecule has 2 aromatic rings. The maximum absolute atomic E-state index is 13.9. The van der Waals surface area contributed by atoms with Crippen LogP contribution in [0.25, 0.3) is 21.9 Å². The van der Waals surface area contributed by atoms with Gasteiger partial charge < -0.3 is 40.1 Å². The first-order valence-corrected chi connectivity index (χ1v) is 14.2. The summed E-state index contributed by atoms with van der Waals surface area (Å²) >= 11 is 0. The number of carboxylic acids is 2. The lowest BCUT2D eigenvalue weighted by Crippen LogP contribution is -2.40. The van der Waals surface area contributed by atoms with Crippen LogP contribution >= 0.6 is 0 Å². The molecule has 0 bridgehead atoms. The minimum absolute atomic E-state index is 0.0314. The van der Waals surface area contributed by atoms with Crippen molar-refractivity contribution in [3.8, 4) is 34.1 Å². The smallest absolute Gasteiger partial charge is 0.305 e. The van der Waals surface area contributed by atoms with Gasteiger partial charge >= 0.3 is 11.9 Å². The minimum atomic E-state index is -1.22. The Kier molecular flexibility index (Phi) is 7.09. The molecular formula is C32H26O14. The van der Waals surface area contributed by atoms with Crippen molar-refractivity contribution in [1.29, 1.82) is 0 Å². The molecule has 238 valence electrons. The van der Waals surface area contributed by atoms with Crippen LogP contribution in [-0.2, 0) is 31.9 Å². The number of hydrogen-bond donors (Lipinski definition) is 6. The average molecular weight is 635 g/mol. The predicted octanol–water partition coefficient (Wildman–Crippen LogP) is 1.32. The third-order valence-electron chi connectivity index (χ3n) is 8.72. The molecule has 2 aliphatic carbocycles. The number of aromatic hydroxyl groups is 4. The van der Waals surface area contributed by atoms with Crippen LogP contribution in [0.1, 0.15) is 61.2 Å². The van der Waals surface area contributed by atoms with Crippen molar-refractivity contribution < 1.29 is 49.7 Å². The number of benzene rings is 2. The molecule has 0 unspecified atom stereocenters. The summed E-state index contributed by atoms with van der Waals surface area (Å²) in [6.07, 6.45) is -5.29. The van der Waals surface area contributed by atoms with Gasteiger partial charge in [-0.3, -0.25) is 28.8 Å². The first-order valence-electron chi connectivity index (χ1n) is 14.2. The maximum atomic E-state index is 13.9. The first-order chi connectivity index (χ1) is 21.6. The van der Waals surface area contributed by atoms with E-state index in [9.17, 15) is 59.4 Å². The highest BCUT2D eigenvalue weighted by Crippen LogP contribution is 2.53. The van der Waals surface area contributed by atoms with Crippen molar-refractivity contribution in [2.24, 2.45) is 0 Å². The zero-order chi connectivity index (χ0) is 33.5. The number of phenols is 4. The molecule has 14 heteroatoms. The van der Waals surface area contributed by atoms with E-state index in [1.54, 1.807) is 0 Å². The number of ether oxygens (including phenoxy) is 2.